The predicted octanol–water partition coefficient (Wildman–Crippen LogP) is 1.28. The molecule has 1 heterocycles. The standard InChI is InChI=1S/C9H10NO2/c11-8-4-6-2-1-3-10-7(6)5-9(8)12/h4-5,11-12H,1-3H2. The lowest BCUT2D eigenvalue weighted by Gasteiger charge is -2.15. The van der Waals surface area contributed by atoms with Crippen LogP contribution in [0.3, 0.4) is 0 Å². The highest BCUT2D eigenvalue weighted by atomic mass is 16.3. The van der Waals surface area contributed by atoms with Crippen molar-refractivity contribution in [1.29, 1.82) is 0 Å². The molecule has 3 heteroatoms. The number of nitrogens with zero attached hydrogens (tertiary/aromatic N) is 1. The number of fused-ring (bicyclic) bond motifs is 1. The Balaban J connectivity index is 2.49. The highest BCUT2D eigenvalue weighted by Gasteiger charge is 2.12. The van der Waals surface area contributed by atoms with E-state index in [-0.39, 0.29) is 11.5 Å². The Kier molecular flexibility index (Phi) is 1.57. The van der Waals surface area contributed by atoms with Crippen molar-refractivity contribution >= 4 is 5.69 Å². The van der Waals surface area contributed by atoms with Gasteiger partial charge in [0.1, 0.15) is 0 Å². The van der Waals surface area contributed by atoms with Gasteiger partial charge in [-0.3, -0.25) is 5.32 Å². The molecule has 63 valence electrons. The third-order valence-electron chi connectivity index (χ3n) is 2.06. The zero-order valence-electron chi connectivity index (χ0n) is 6.62. The van der Waals surface area contributed by atoms with Gasteiger partial charge in [-0.25, -0.2) is 0 Å². The van der Waals surface area contributed by atoms with Gasteiger partial charge in [-0.1, -0.05) is 0 Å². The maximum absolute atomic E-state index is 9.18. The van der Waals surface area contributed by atoms with Gasteiger partial charge in [-0.15, -0.1) is 0 Å². The topological polar surface area (TPSA) is 54.6 Å². The first kappa shape index (κ1) is 7.28. The second-order valence-electron chi connectivity index (χ2n) is 2.95. The van der Waals surface area contributed by atoms with Gasteiger partial charge in [0.05, 0.1) is 5.69 Å². The van der Waals surface area contributed by atoms with Gasteiger partial charge in [-0.2, -0.15) is 0 Å². The molecule has 1 aliphatic rings. The van der Waals surface area contributed by atoms with Gasteiger partial charge in [0.25, 0.3) is 0 Å². The van der Waals surface area contributed by atoms with Crippen molar-refractivity contribution in [2.75, 3.05) is 6.54 Å². The number of aryl methyl sites for hydroxylation is 1. The summed E-state index contributed by atoms with van der Waals surface area (Å²) in [5, 5.41) is 22.6. The van der Waals surface area contributed by atoms with E-state index in [9.17, 15) is 5.11 Å². The fourth-order valence-electron chi connectivity index (χ4n) is 1.43. The van der Waals surface area contributed by atoms with Crippen LogP contribution in [0.5, 0.6) is 11.5 Å². The number of hydrogen-bond acceptors (Lipinski definition) is 2. The molecular formula is C9H10NO2. The Morgan fingerprint density at radius 2 is 1.92 bits per heavy atom. The number of rotatable bonds is 0. The van der Waals surface area contributed by atoms with Crippen molar-refractivity contribution in [3.63, 3.8) is 0 Å². The number of phenolic OH excluding ortho intramolecular Hbond substituents is 2. The Hall–Kier alpha value is -1.38. The highest BCUT2D eigenvalue weighted by molar-refractivity contribution is 5.56. The Morgan fingerprint density at radius 3 is 2.75 bits per heavy atom. The molecule has 0 aromatic heterocycles. The molecule has 1 aromatic carbocycles. The first-order valence-electron chi connectivity index (χ1n) is 4.00. The summed E-state index contributed by atoms with van der Waals surface area (Å²) >= 11 is 0. The summed E-state index contributed by atoms with van der Waals surface area (Å²) < 4.78 is 0. The van der Waals surface area contributed by atoms with Crippen LogP contribution in [0.4, 0.5) is 5.69 Å². The van der Waals surface area contributed by atoms with Gasteiger partial charge in [0.2, 0.25) is 0 Å². The van der Waals surface area contributed by atoms with Crippen molar-refractivity contribution in [2.24, 2.45) is 0 Å². The van der Waals surface area contributed by atoms with E-state index < -0.39 is 0 Å². The predicted molar refractivity (Wildman–Crippen MR) is 44.8 cm³/mol. The van der Waals surface area contributed by atoms with Crippen LogP contribution in [0.15, 0.2) is 12.1 Å². The first-order valence-corrected chi connectivity index (χ1v) is 4.00. The van der Waals surface area contributed by atoms with Crippen LogP contribution in [-0.2, 0) is 6.42 Å². The van der Waals surface area contributed by atoms with Crippen molar-refractivity contribution in [1.82, 2.24) is 5.32 Å². The van der Waals surface area contributed by atoms with Gasteiger partial charge in [0.15, 0.2) is 11.5 Å². The van der Waals surface area contributed by atoms with Crippen LogP contribution in [0.25, 0.3) is 0 Å². The molecular weight excluding hydrogens is 154 g/mol. The third-order valence-corrected chi connectivity index (χ3v) is 2.06. The summed E-state index contributed by atoms with van der Waals surface area (Å²) in [5.74, 6) is -0.134. The van der Waals surface area contributed by atoms with Gasteiger partial charge < -0.3 is 10.2 Å². The summed E-state index contributed by atoms with van der Waals surface area (Å²) in [6.07, 6.45) is 1.96. The van der Waals surface area contributed by atoms with Crippen LogP contribution in [-0.4, -0.2) is 16.8 Å². The zero-order valence-corrected chi connectivity index (χ0v) is 6.62. The molecule has 2 rings (SSSR count). The van der Waals surface area contributed by atoms with E-state index in [1.165, 1.54) is 6.07 Å². The third kappa shape index (κ3) is 1.07. The van der Waals surface area contributed by atoms with E-state index in [4.69, 9.17) is 5.11 Å². The molecule has 0 amide bonds. The fraction of sp³-hybridized carbons (Fsp3) is 0.333. The van der Waals surface area contributed by atoms with Crippen molar-refractivity contribution in [2.45, 2.75) is 12.8 Å². The first-order chi connectivity index (χ1) is 5.77. The summed E-state index contributed by atoms with van der Waals surface area (Å²) in [5.41, 5.74) is 1.84. The van der Waals surface area contributed by atoms with E-state index >= 15 is 0 Å². The van der Waals surface area contributed by atoms with Crippen molar-refractivity contribution in [3.8, 4) is 11.5 Å². The quantitative estimate of drug-likeness (QED) is 0.567. The molecule has 0 bridgehead atoms. The number of phenols is 2. The molecule has 0 saturated heterocycles. The lowest BCUT2D eigenvalue weighted by Crippen LogP contribution is -2.10. The van der Waals surface area contributed by atoms with E-state index in [0.717, 1.165) is 30.6 Å². The summed E-state index contributed by atoms with van der Waals surface area (Å²) in [6, 6.07) is 3.11. The van der Waals surface area contributed by atoms with E-state index in [1.807, 2.05) is 0 Å². The molecule has 0 unspecified atom stereocenters. The average molecular weight is 164 g/mol. The number of benzene rings is 1. The molecule has 2 N–H and O–H groups in total. The van der Waals surface area contributed by atoms with Crippen molar-refractivity contribution < 1.29 is 10.2 Å². The molecule has 0 fully saturated rings. The van der Waals surface area contributed by atoms with Gasteiger partial charge >= 0.3 is 0 Å². The minimum absolute atomic E-state index is 0.0501. The van der Waals surface area contributed by atoms with E-state index in [1.54, 1.807) is 6.07 Å². The summed E-state index contributed by atoms with van der Waals surface area (Å²) in [7, 11) is 0. The summed E-state index contributed by atoms with van der Waals surface area (Å²) in [6.45, 7) is 0.817. The second-order valence-corrected chi connectivity index (χ2v) is 2.95. The number of aromatic hydroxyl groups is 2. The molecule has 0 aliphatic carbocycles. The SMILES string of the molecule is Oc1cc2c(cc1O)[N]CCC2. The van der Waals surface area contributed by atoms with Crippen LogP contribution in [0.2, 0.25) is 0 Å². The Morgan fingerprint density at radius 1 is 1.17 bits per heavy atom. The lowest BCUT2D eigenvalue weighted by molar-refractivity contribution is 0.402. The minimum atomic E-state index is -0.0839. The monoisotopic (exact) mass is 164 g/mol. The maximum atomic E-state index is 9.18. The van der Waals surface area contributed by atoms with E-state index in [2.05, 4.69) is 5.32 Å². The van der Waals surface area contributed by atoms with Crippen molar-refractivity contribution in [3.05, 3.63) is 17.7 Å². The Labute approximate surface area is 70.7 Å². The second kappa shape index (κ2) is 2.59. The van der Waals surface area contributed by atoms with Crippen LogP contribution < -0.4 is 5.32 Å². The molecule has 12 heavy (non-hydrogen) atoms. The Bertz CT molecular complexity index is 279. The molecule has 3 nitrogen and oxygen atoms in total. The normalized spacial score (nSPS) is 15.0. The minimum Gasteiger partial charge on any atom is -0.504 e. The average Bonchev–Trinajstić information content (AvgIpc) is 2.07. The molecule has 1 aromatic rings. The fourth-order valence-corrected chi connectivity index (χ4v) is 1.43. The van der Waals surface area contributed by atoms with E-state index in [0.29, 0.717) is 0 Å². The largest absolute Gasteiger partial charge is 0.504 e. The maximum Gasteiger partial charge on any atom is 0.159 e. The van der Waals surface area contributed by atoms with Crippen LogP contribution in [0, 0.1) is 0 Å². The van der Waals surface area contributed by atoms with Gasteiger partial charge in [0, 0.05) is 12.6 Å². The summed E-state index contributed by atoms with van der Waals surface area (Å²) in [4.78, 5) is 0. The van der Waals surface area contributed by atoms with Gasteiger partial charge in [-0.05, 0) is 24.5 Å². The zero-order chi connectivity index (χ0) is 8.55. The molecule has 1 radical (unpaired) electrons. The van der Waals surface area contributed by atoms with Crippen LogP contribution >= 0.6 is 0 Å². The number of hydrogen-bond donors (Lipinski definition) is 2. The smallest absolute Gasteiger partial charge is 0.159 e. The molecule has 1 aliphatic heterocycles. The highest BCUT2D eigenvalue weighted by Crippen LogP contribution is 2.33. The molecule has 0 saturated carbocycles. The molecule has 0 spiro atoms. The lowest BCUT2D eigenvalue weighted by atomic mass is 10.0. The van der Waals surface area contributed by atoms with Crippen LogP contribution in [0.1, 0.15) is 12.0 Å². The molecule has 0 atom stereocenters.